The molecule has 4 rings (SSSR count). The topological polar surface area (TPSA) is 73.9 Å². The molecule has 0 radical (unpaired) electrons. The van der Waals surface area contributed by atoms with Crippen LogP contribution in [0.3, 0.4) is 0 Å². The van der Waals surface area contributed by atoms with E-state index in [2.05, 4.69) is 37.5 Å². The number of aryl methyl sites for hydroxylation is 1. The fourth-order valence-corrected chi connectivity index (χ4v) is 3.98. The third-order valence-electron chi connectivity index (χ3n) is 4.99. The second-order valence-electron chi connectivity index (χ2n) is 7.26. The molecule has 0 aliphatic carbocycles. The van der Waals surface area contributed by atoms with Gasteiger partial charge in [0.15, 0.2) is 5.82 Å². The van der Waals surface area contributed by atoms with E-state index in [1.54, 1.807) is 0 Å². The van der Waals surface area contributed by atoms with Gasteiger partial charge in [0.25, 0.3) is 0 Å². The minimum absolute atomic E-state index is 0.0672. The average Bonchev–Trinajstić information content (AvgIpc) is 3.23. The molecule has 150 valence electrons. The van der Waals surface area contributed by atoms with E-state index in [0.717, 1.165) is 24.3 Å². The number of amides is 1. The maximum absolute atomic E-state index is 12.3. The first kappa shape index (κ1) is 19.5. The monoisotopic (exact) mass is 407 g/mol. The van der Waals surface area contributed by atoms with E-state index in [-0.39, 0.29) is 11.7 Å². The SMILES string of the molecule is Cc1ccc(-c2nc(SCC(=O)Nc3ccc(N4CCCCC4)cc3)n[nH]2)cc1. The summed E-state index contributed by atoms with van der Waals surface area (Å²) in [4.78, 5) is 19.1. The van der Waals surface area contributed by atoms with Crippen molar-refractivity contribution in [3.05, 3.63) is 54.1 Å². The molecule has 2 heterocycles. The molecule has 1 aliphatic rings. The predicted octanol–water partition coefficient (Wildman–Crippen LogP) is 4.50. The second-order valence-corrected chi connectivity index (χ2v) is 8.21. The van der Waals surface area contributed by atoms with Crippen molar-refractivity contribution in [1.29, 1.82) is 0 Å². The van der Waals surface area contributed by atoms with Gasteiger partial charge in [0.05, 0.1) is 5.75 Å². The molecule has 1 amide bonds. The third kappa shape index (κ3) is 5.17. The van der Waals surface area contributed by atoms with Gasteiger partial charge in [-0.25, -0.2) is 4.98 Å². The third-order valence-corrected chi connectivity index (χ3v) is 5.84. The Bertz CT molecular complexity index is 946. The number of rotatable bonds is 6. The Morgan fingerprint density at radius 2 is 1.79 bits per heavy atom. The van der Waals surface area contributed by atoms with Crippen LogP contribution in [0.15, 0.2) is 53.7 Å². The van der Waals surface area contributed by atoms with Crippen LogP contribution in [0.25, 0.3) is 11.4 Å². The number of aromatic amines is 1. The highest BCUT2D eigenvalue weighted by atomic mass is 32.2. The number of hydrogen-bond donors (Lipinski definition) is 2. The second kappa shape index (κ2) is 9.13. The summed E-state index contributed by atoms with van der Waals surface area (Å²) >= 11 is 1.32. The summed E-state index contributed by atoms with van der Waals surface area (Å²) in [6.07, 6.45) is 3.82. The highest BCUT2D eigenvalue weighted by Crippen LogP contribution is 2.23. The molecule has 0 unspecified atom stereocenters. The maximum atomic E-state index is 12.3. The lowest BCUT2D eigenvalue weighted by molar-refractivity contribution is -0.113. The van der Waals surface area contributed by atoms with Gasteiger partial charge in [-0.3, -0.25) is 9.89 Å². The van der Waals surface area contributed by atoms with Gasteiger partial charge in [0, 0.05) is 30.0 Å². The first-order valence-electron chi connectivity index (χ1n) is 9.94. The molecule has 2 N–H and O–H groups in total. The normalized spacial score (nSPS) is 14.0. The summed E-state index contributed by atoms with van der Waals surface area (Å²) in [5.74, 6) is 0.905. The first-order valence-corrected chi connectivity index (χ1v) is 10.9. The average molecular weight is 408 g/mol. The van der Waals surface area contributed by atoms with Crippen LogP contribution in [0.5, 0.6) is 0 Å². The lowest BCUT2D eigenvalue weighted by atomic mass is 10.1. The van der Waals surface area contributed by atoms with Gasteiger partial charge in [-0.05, 0) is 50.5 Å². The number of thioether (sulfide) groups is 1. The van der Waals surface area contributed by atoms with Crippen LogP contribution in [0.4, 0.5) is 11.4 Å². The molecule has 1 fully saturated rings. The quantitative estimate of drug-likeness (QED) is 0.589. The van der Waals surface area contributed by atoms with Gasteiger partial charge >= 0.3 is 0 Å². The number of H-pyrrole nitrogens is 1. The Kier molecular flexibility index (Phi) is 6.14. The van der Waals surface area contributed by atoms with Gasteiger partial charge in [-0.1, -0.05) is 41.6 Å². The first-order chi connectivity index (χ1) is 14.2. The van der Waals surface area contributed by atoms with Crippen molar-refractivity contribution in [1.82, 2.24) is 15.2 Å². The van der Waals surface area contributed by atoms with E-state index < -0.39 is 0 Å². The number of aromatic nitrogens is 3. The molecule has 0 spiro atoms. The van der Waals surface area contributed by atoms with Gasteiger partial charge in [0.2, 0.25) is 11.1 Å². The van der Waals surface area contributed by atoms with Crippen molar-refractivity contribution >= 4 is 29.0 Å². The molecule has 0 atom stereocenters. The van der Waals surface area contributed by atoms with E-state index in [4.69, 9.17) is 0 Å². The molecule has 1 saturated heterocycles. The molecule has 0 saturated carbocycles. The Morgan fingerprint density at radius 3 is 2.52 bits per heavy atom. The number of nitrogens with zero attached hydrogens (tertiary/aromatic N) is 3. The van der Waals surface area contributed by atoms with Crippen LogP contribution < -0.4 is 10.2 Å². The van der Waals surface area contributed by atoms with E-state index in [1.165, 1.54) is 42.3 Å². The fourth-order valence-electron chi connectivity index (χ4n) is 3.39. The molecule has 6 nitrogen and oxygen atoms in total. The van der Waals surface area contributed by atoms with Crippen molar-refractivity contribution in [3.63, 3.8) is 0 Å². The molecule has 3 aromatic rings. The number of hydrogen-bond acceptors (Lipinski definition) is 5. The summed E-state index contributed by atoms with van der Waals surface area (Å²) in [7, 11) is 0. The molecule has 2 aromatic carbocycles. The molecule has 7 heteroatoms. The summed E-state index contributed by atoms with van der Waals surface area (Å²) in [6, 6.07) is 16.2. The molecule has 1 aromatic heterocycles. The Morgan fingerprint density at radius 1 is 1.07 bits per heavy atom. The molecule has 1 aliphatic heterocycles. The zero-order valence-electron chi connectivity index (χ0n) is 16.5. The molecular weight excluding hydrogens is 382 g/mol. The fraction of sp³-hybridized carbons (Fsp3) is 0.318. The lowest BCUT2D eigenvalue weighted by Gasteiger charge is -2.28. The van der Waals surface area contributed by atoms with Crippen molar-refractivity contribution in [2.75, 3.05) is 29.1 Å². The minimum atomic E-state index is -0.0672. The van der Waals surface area contributed by atoms with Crippen LogP contribution in [0.1, 0.15) is 24.8 Å². The summed E-state index contributed by atoms with van der Waals surface area (Å²) in [5, 5.41) is 10.6. The van der Waals surface area contributed by atoms with Crippen molar-refractivity contribution in [2.24, 2.45) is 0 Å². The van der Waals surface area contributed by atoms with E-state index in [9.17, 15) is 4.79 Å². The summed E-state index contributed by atoms with van der Waals surface area (Å²) in [6.45, 7) is 4.28. The lowest BCUT2D eigenvalue weighted by Crippen LogP contribution is -2.29. The standard InChI is InChI=1S/C22H25N5OS/c1-16-5-7-17(8-6-16)21-24-22(26-25-21)29-15-20(28)23-18-9-11-19(12-10-18)27-13-3-2-4-14-27/h5-12H,2-4,13-15H2,1H3,(H,23,28)(H,24,25,26). The number of benzene rings is 2. The Balaban J connectivity index is 1.28. The zero-order valence-corrected chi connectivity index (χ0v) is 17.3. The number of carbonyl (C=O) groups is 1. The van der Waals surface area contributed by atoms with Crippen molar-refractivity contribution in [2.45, 2.75) is 31.3 Å². The van der Waals surface area contributed by atoms with Crippen LogP contribution in [-0.2, 0) is 4.79 Å². The number of piperidine rings is 1. The van der Waals surface area contributed by atoms with Crippen molar-refractivity contribution < 1.29 is 4.79 Å². The van der Waals surface area contributed by atoms with E-state index in [1.807, 2.05) is 43.3 Å². The highest BCUT2D eigenvalue weighted by molar-refractivity contribution is 7.99. The smallest absolute Gasteiger partial charge is 0.234 e. The summed E-state index contributed by atoms with van der Waals surface area (Å²) < 4.78 is 0. The van der Waals surface area contributed by atoms with Crippen LogP contribution >= 0.6 is 11.8 Å². The van der Waals surface area contributed by atoms with E-state index >= 15 is 0 Å². The van der Waals surface area contributed by atoms with Gasteiger partial charge < -0.3 is 10.2 Å². The minimum Gasteiger partial charge on any atom is -0.372 e. The summed E-state index contributed by atoms with van der Waals surface area (Å²) in [5.41, 5.74) is 4.21. The van der Waals surface area contributed by atoms with Crippen LogP contribution in [-0.4, -0.2) is 39.9 Å². The van der Waals surface area contributed by atoms with Crippen molar-refractivity contribution in [3.8, 4) is 11.4 Å². The van der Waals surface area contributed by atoms with Gasteiger partial charge in [-0.15, -0.1) is 5.10 Å². The van der Waals surface area contributed by atoms with Gasteiger partial charge in [-0.2, -0.15) is 0 Å². The highest BCUT2D eigenvalue weighted by Gasteiger charge is 2.12. The maximum Gasteiger partial charge on any atom is 0.234 e. The Labute approximate surface area is 175 Å². The number of anilines is 2. The zero-order chi connectivity index (χ0) is 20.1. The van der Waals surface area contributed by atoms with Crippen LogP contribution in [0.2, 0.25) is 0 Å². The number of carbonyl (C=O) groups excluding carboxylic acids is 1. The molecule has 29 heavy (non-hydrogen) atoms. The van der Waals surface area contributed by atoms with Gasteiger partial charge in [0.1, 0.15) is 0 Å². The predicted molar refractivity (Wildman–Crippen MR) is 118 cm³/mol. The van der Waals surface area contributed by atoms with E-state index in [0.29, 0.717) is 11.0 Å². The molecular formula is C22H25N5OS. The van der Waals surface area contributed by atoms with Crippen LogP contribution in [0, 0.1) is 6.92 Å². The largest absolute Gasteiger partial charge is 0.372 e. The molecule has 0 bridgehead atoms. The Hall–Kier alpha value is -2.80. The number of nitrogens with one attached hydrogen (secondary N) is 2.